The number of halogens is 1. The first-order valence-corrected chi connectivity index (χ1v) is 8.58. The van der Waals surface area contributed by atoms with Gasteiger partial charge in [0.05, 0.1) is 0 Å². The van der Waals surface area contributed by atoms with Gasteiger partial charge in [-0.15, -0.1) is 0 Å². The zero-order valence-corrected chi connectivity index (χ0v) is 13.5. The van der Waals surface area contributed by atoms with E-state index in [2.05, 4.69) is 26.6 Å². The van der Waals surface area contributed by atoms with E-state index in [9.17, 15) is 9.00 Å². The monoisotopic (exact) mass is 346 g/mol. The summed E-state index contributed by atoms with van der Waals surface area (Å²) in [6.45, 7) is 2.39. The molecule has 0 heterocycles. The van der Waals surface area contributed by atoms with Gasteiger partial charge < -0.3 is 10.6 Å². The third-order valence-corrected chi connectivity index (χ3v) is 3.82. The fraction of sp³-hybridized carbons (Fsp3) is 0.462. The lowest BCUT2D eigenvalue weighted by atomic mass is 10.1. The van der Waals surface area contributed by atoms with Gasteiger partial charge in [-0.25, -0.2) is 4.79 Å². The molecule has 0 fully saturated rings. The number of hydrogen-bond donors (Lipinski definition) is 2. The van der Waals surface area contributed by atoms with Gasteiger partial charge in [0.2, 0.25) is 0 Å². The van der Waals surface area contributed by atoms with E-state index in [1.165, 1.54) is 5.56 Å². The normalized spacial score (nSPS) is 13.6. The van der Waals surface area contributed by atoms with Crippen LogP contribution in [0.1, 0.15) is 12.5 Å². The molecule has 0 aromatic heterocycles. The maximum atomic E-state index is 11.6. The Bertz CT molecular complexity index is 437. The molecule has 0 aliphatic carbocycles. The number of amides is 2. The van der Waals surface area contributed by atoms with Crippen LogP contribution in [0.15, 0.2) is 28.7 Å². The Labute approximate surface area is 124 Å². The highest BCUT2D eigenvalue weighted by Gasteiger charge is 2.07. The summed E-state index contributed by atoms with van der Waals surface area (Å²) in [5, 5.41) is 5.55. The third kappa shape index (κ3) is 7.32. The van der Waals surface area contributed by atoms with Gasteiger partial charge in [-0.1, -0.05) is 28.1 Å². The van der Waals surface area contributed by atoms with Gasteiger partial charge in [0, 0.05) is 39.9 Å². The van der Waals surface area contributed by atoms with Crippen LogP contribution in [0.3, 0.4) is 0 Å². The van der Waals surface area contributed by atoms with Gasteiger partial charge in [0.15, 0.2) is 0 Å². The Kier molecular flexibility index (Phi) is 7.09. The molecule has 2 amide bonds. The van der Waals surface area contributed by atoms with Crippen LogP contribution in [-0.2, 0) is 17.2 Å². The fourth-order valence-corrected chi connectivity index (χ4v) is 2.26. The predicted octanol–water partition coefficient (Wildman–Crippen LogP) is 2.06. The van der Waals surface area contributed by atoms with E-state index in [-0.39, 0.29) is 12.1 Å². The van der Waals surface area contributed by atoms with Crippen molar-refractivity contribution in [3.05, 3.63) is 34.3 Å². The van der Waals surface area contributed by atoms with Gasteiger partial charge in [-0.3, -0.25) is 4.21 Å². The molecule has 4 nitrogen and oxygen atoms in total. The smallest absolute Gasteiger partial charge is 0.315 e. The van der Waals surface area contributed by atoms with Crippen molar-refractivity contribution in [1.82, 2.24) is 10.6 Å². The van der Waals surface area contributed by atoms with E-state index in [0.717, 1.165) is 10.9 Å². The van der Waals surface area contributed by atoms with Crippen LogP contribution in [0, 0.1) is 0 Å². The number of hydrogen-bond acceptors (Lipinski definition) is 2. The summed E-state index contributed by atoms with van der Waals surface area (Å²) >= 11 is 3.39. The first-order chi connectivity index (χ1) is 8.97. The molecule has 2 atom stereocenters. The lowest BCUT2D eigenvalue weighted by molar-refractivity contribution is 0.238. The highest BCUT2D eigenvalue weighted by atomic mass is 79.9. The van der Waals surface area contributed by atoms with Gasteiger partial charge in [0.1, 0.15) is 0 Å². The molecule has 0 aliphatic heterocycles. The zero-order chi connectivity index (χ0) is 14.3. The summed E-state index contributed by atoms with van der Waals surface area (Å²) in [5.41, 5.74) is 1.17. The maximum Gasteiger partial charge on any atom is 0.315 e. The standard InChI is InChI=1S/C13H19BrN2O2S/c1-10(9-11-3-5-12(14)6-4-11)16-13(17)15-7-8-19(2)18/h3-6,10H,7-9H2,1-2H3,(H2,15,16,17). The van der Waals surface area contributed by atoms with Crippen molar-refractivity contribution in [3.8, 4) is 0 Å². The maximum absolute atomic E-state index is 11.6. The second-order valence-electron chi connectivity index (χ2n) is 4.41. The van der Waals surface area contributed by atoms with Crippen molar-refractivity contribution in [2.24, 2.45) is 0 Å². The number of carbonyl (C=O) groups excluding carboxylic acids is 1. The molecule has 0 aliphatic rings. The second kappa shape index (κ2) is 8.32. The largest absolute Gasteiger partial charge is 0.337 e. The number of rotatable bonds is 6. The van der Waals surface area contributed by atoms with E-state index in [1.54, 1.807) is 6.26 Å². The molecule has 2 N–H and O–H groups in total. The lowest BCUT2D eigenvalue weighted by Crippen LogP contribution is -2.42. The second-order valence-corrected chi connectivity index (χ2v) is 6.88. The van der Waals surface area contributed by atoms with Crippen molar-refractivity contribution in [3.63, 3.8) is 0 Å². The molecule has 19 heavy (non-hydrogen) atoms. The molecule has 2 unspecified atom stereocenters. The van der Waals surface area contributed by atoms with E-state index >= 15 is 0 Å². The van der Waals surface area contributed by atoms with Crippen molar-refractivity contribution >= 4 is 32.8 Å². The first kappa shape index (κ1) is 16.2. The van der Waals surface area contributed by atoms with Gasteiger partial charge in [-0.05, 0) is 31.0 Å². The Morgan fingerprint density at radius 2 is 2.00 bits per heavy atom. The Balaban J connectivity index is 2.30. The molecule has 0 saturated carbocycles. The average molecular weight is 347 g/mol. The van der Waals surface area contributed by atoms with Crippen molar-refractivity contribution in [1.29, 1.82) is 0 Å². The Morgan fingerprint density at radius 1 is 1.37 bits per heavy atom. The van der Waals surface area contributed by atoms with Crippen LogP contribution in [-0.4, -0.2) is 34.8 Å². The van der Waals surface area contributed by atoms with Gasteiger partial charge in [0.25, 0.3) is 0 Å². The highest BCUT2D eigenvalue weighted by Crippen LogP contribution is 2.11. The van der Waals surface area contributed by atoms with Crippen LogP contribution in [0.5, 0.6) is 0 Å². The third-order valence-electron chi connectivity index (χ3n) is 2.51. The zero-order valence-electron chi connectivity index (χ0n) is 11.1. The average Bonchev–Trinajstić information content (AvgIpc) is 2.31. The summed E-state index contributed by atoms with van der Waals surface area (Å²) in [6.07, 6.45) is 2.40. The molecular weight excluding hydrogens is 328 g/mol. The molecule has 0 bridgehead atoms. The molecule has 0 saturated heterocycles. The Morgan fingerprint density at radius 3 is 2.58 bits per heavy atom. The highest BCUT2D eigenvalue weighted by molar-refractivity contribution is 9.10. The molecule has 6 heteroatoms. The van der Waals surface area contributed by atoms with Crippen molar-refractivity contribution < 1.29 is 9.00 Å². The van der Waals surface area contributed by atoms with E-state index in [4.69, 9.17) is 0 Å². The summed E-state index contributed by atoms with van der Waals surface area (Å²) in [7, 11) is -0.875. The van der Waals surface area contributed by atoms with Crippen LogP contribution < -0.4 is 10.6 Å². The van der Waals surface area contributed by atoms with Gasteiger partial charge in [-0.2, -0.15) is 0 Å². The SMILES string of the molecule is CC(Cc1ccc(Br)cc1)NC(=O)NCCS(C)=O. The molecule has 1 rings (SSSR count). The van der Waals surface area contributed by atoms with Crippen LogP contribution >= 0.6 is 15.9 Å². The van der Waals surface area contributed by atoms with Crippen LogP contribution in [0.2, 0.25) is 0 Å². The minimum absolute atomic E-state index is 0.0494. The molecular formula is C13H19BrN2O2S. The molecule has 0 radical (unpaired) electrons. The summed E-state index contributed by atoms with van der Waals surface area (Å²) in [4.78, 5) is 11.6. The molecule has 1 aromatic rings. The quantitative estimate of drug-likeness (QED) is 0.828. The summed E-state index contributed by atoms with van der Waals surface area (Å²) < 4.78 is 11.9. The number of nitrogens with one attached hydrogen (secondary N) is 2. The molecule has 106 valence electrons. The van der Waals surface area contributed by atoms with E-state index in [0.29, 0.717) is 12.3 Å². The van der Waals surface area contributed by atoms with Crippen LogP contribution in [0.25, 0.3) is 0 Å². The number of carbonyl (C=O) groups is 1. The molecule has 0 spiro atoms. The van der Waals surface area contributed by atoms with Crippen LogP contribution in [0.4, 0.5) is 4.79 Å². The fourth-order valence-electron chi connectivity index (χ4n) is 1.61. The van der Waals surface area contributed by atoms with E-state index in [1.807, 2.05) is 31.2 Å². The summed E-state index contributed by atoms with van der Waals surface area (Å²) in [6, 6.07) is 7.86. The number of benzene rings is 1. The first-order valence-electron chi connectivity index (χ1n) is 6.06. The predicted molar refractivity (Wildman–Crippen MR) is 82.8 cm³/mol. The van der Waals surface area contributed by atoms with E-state index < -0.39 is 10.8 Å². The van der Waals surface area contributed by atoms with Gasteiger partial charge >= 0.3 is 6.03 Å². The van der Waals surface area contributed by atoms with Crippen molar-refractivity contribution in [2.75, 3.05) is 18.6 Å². The molecule has 1 aromatic carbocycles. The minimum atomic E-state index is -0.875. The minimum Gasteiger partial charge on any atom is -0.337 e. The van der Waals surface area contributed by atoms with Crippen molar-refractivity contribution in [2.45, 2.75) is 19.4 Å². The Hall–Kier alpha value is -0.880. The lowest BCUT2D eigenvalue weighted by Gasteiger charge is -2.14. The summed E-state index contributed by atoms with van der Waals surface area (Å²) in [5.74, 6) is 0.481. The topological polar surface area (TPSA) is 58.2 Å². The number of urea groups is 1.